The second-order valence-electron chi connectivity index (χ2n) is 8.62. The SMILES string of the molecule is CCOC(=O)CC(=O)CC(CCc1ccc(C(C)(C)C#N)c(F)c1)C1CCCC1. The lowest BCUT2D eigenvalue weighted by atomic mass is 9.81. The van der Waals surface area contributed by atoms with Gasteiger partial charge in [0.15, 0.2) is 0 Å². The number of halogens is 1. The molecule has 29 heavy (non-hydrogen) atoms. The van der Waals surface area contributed by atoms with Crippen molar-refractivity contribution in [2.45, 2.75) is 77.6 Å². The third-order valence-electron chi connectivity index (χ3n) is 5.99. The first kappa shape index (κ1) is 23.1. The van der Waals surface area contributed by atoms with Crippen LogP contribution >= 0.6 is 0 Å². The van der Waals surface area contributed by atoms with Crippen LogP contribution in [0.4, 0.5) is 4.39 Å². The summed E-state index contributed by atoms with van der Waals surface area (Å²) in [7, 11) is 0. The van der Waals surface area contributed by atoms with Crippen molar-refractivity contribution in [3.05, 3.63) is 35.1 Å². The van der Waals surface area contributed by atoms with Crippen LogP contribution in [0.5, 0.6) is 0 Å². The normalized spacial score (nSPS) is 15.7. The zero-order valence-electron chi connectivity index (χ0n) is 17.8. The van der Waals surface area contributed by atoms with Gasteiger partial charge in [-0.15, -0.1) is 0 Å². The monoisotopic (exact) mass is 401 g/mol. The predicted octanol–water partition coefficient (Wildman–Crippen LogP) is 5.28. The molecule has 1 atom stereocenters. The maximum Gasteiger partial charge on any atom is 0.313 e. The standard InChI is InChI=1S/C24H32FNO3/c1-4-29-23(28)15-20(27)14-19(18-7-5-6-8-18)11-9-17-10-12-21(22(25)13-17)24(2,3)16-26/h10,12-13,18-19H,4-9,11,14-15H2,1-3H3. The van der Waals surface area contributed by atoms with Gasteiger partial charge in [0.1, 0.15) is 18.0 Å². The highest BCUT2D eigenvalue weighted by Gasteiger charge is 2.28. The number of carbonyl (C=O) groups is 2. The van der Waals surface area contributed by atoms with Crippen LogP contribution in [0, 0.1) is 29.0 Å². The molecule has 1 saturated carbocycles. The summed E-state index contributed by atoms with van der Waals surface area (Å²) in [5.41, 5.74) is 0.413. The highest BCUT2D eigenvalue weighted by atomic mass is 19.1. The molecule has 0 aromatic heterocycles. The molecule has 0 saturated heterocycles. The summed E-state index contributed by atoms with van der Waals surface area (Å²) < 4.78 is 19.4. The van der Waals surface area contributed by atoms with Gasteiger partial charge >= 0.3 is 5.97 Å². The van der Waals surface area contributed by atoms with Crippen molar-refractivity contribution in [1.29, 1.82) is 5.26 Å². The molecule has 0 radical (unpaired) electrons. The number of hydrogen-bond donors (Lipinski definition) is 0. The van der Waals surface area contributed by atoms with Gasteiger partial charge in [-0.25, -0.2) is 4.39 Å². The number of ether oxygens (including phenoxy) is 1. The summed E-state index contributed by atoms with van der Waals surface area (Å²) >= 11 is 0. The van der Waals surface area contributed by atoms with Crippen molar-refractivity contribution in [3.8, 4) is 6.07 Å². The van der Waals surface area contributed by atoms with Gasteiger partial charge in [-0.2, -0.15) is 5.26 Å². The highest BCUT2D eigenvalue weighted by molar-refractivity contribution is 5.95. The Bertz CT molecular complexity index is 760. The fraction of sp³-hybridized carbons (Fsp3) is 0.625. The van der Waals surface area contributed by atoms with Gasteiger partial charge in [-0.3, -0.25) is 9.59 Å². The number of esters is 1. The lowest BCUT2D eigenvalue weighted by molar-refractivity contribution is -0.145. The van der Waals surface area contributed by atoms with E-state index in [1.54, 1.807) is 26.8 Å². The number of nitriles is 1. The Kier molecular flexibility index (Phi) is 8.37. The summed E-state index contributed by atoms with van der Waals surface area (Å²) in [5, 5.41) is 9.24. The van der Waals surface area contributed by atoms with Gasteiger partial charge in [0.25, 0.3) is 0 Å². The number of Topliss-reactive ketones (excluding diaryl/α,β-unsaturated/α-hetero) is 1. The highest BCUT2D eigenvalue weighted by Crippen LogP contribution is 2.36. The van der Waals surface area contributed by atoms with Crippen molar-refractivity contribution in [3.63, 3.8) is 0 Å². The second kappa shape index (κ2) is 10.5. The molecule has 5 heteroatoms. The van der Waals surface area contributed by atoms with E-state index >= 15 is 0 Å². The van der Waals surface area contributed by atoms with Crippen molar-refractivity contribution in [2.24, 2.45) is 11.8 Å². The summed E-state index contributed by atoms with van der Waals surface area (Å²) in [4.78, 5) is 24.0. The number of nitrogens with zero attached hydrogens (tertiary/aromatic N) is 1. The van der Waals surface area contributed by atoms with Crippen LogP contribution in [0.15, 0.2) is 18.2 Å². The van der Waals surface area contributed by atoms with Crippen LogP contribution in [0.1, 0.15) is 76.8 Å². The fourth-order valence-electron chi connectivity index (χ4n) is 4.30. The number of ketones is 1. The third-order valence-corrected chi connectivity index (χ3v) is 5.99. The molecule has 4 nitrogen and oxygen atoms in total. The van der Waals surface area contributed by atoms with Gasteiger partial charge in [0, 0.05) is 12.0 Å². The van der Waals surface area contributed by atoms with Crippen molar-refractivity contribution in [1.82, 2.24) is 0 Å². The lowest BCUT2D eigenvalue weighted by Crippen LogP contribution is -2.20. The Balaban J connectivity index is 2.02. The summed E-state index contributed by atoms with van der Waals surface area (Å²) in [6.07, 6.45) is 6.27. The van der Waals surface area contributed by atoms with E-state index in [2.05, 4.69) is 6.07 Å². The maximum absolute atomic E-state index is 14.5. The first-order valence-corrected chi connectivity index (χ1v) is 10.6. The van der Waals surface area contributed by atoms with Crippen molar-refractivity contribution >= 4 is 11.8 Å². The van der Waals surface area contributed by atoms with E-state index in [0.29, 0.717) is 24.3 Å². The van der Waals surface area contributed by atoms with E-state index in [1.165, 1.54) is 18.9 Å². The van der Waals surface area contributed by atoms with Gasteiger partial charge in [-0.1, -0.05) is 37.8 Å². The first-order valence-electron chi connectivity index (χ1n) is 10.6. The predicted molar refractivity (Wildman–Crippen MR) is 110 cm³/mol. The Morgan fingerprint density at radius 2 is 2.00 bits per heavy atom. The largest absolute Gasteiger partial charge is 0.466 e. The quantitative estimate of drug-likeness (QED) is 0.395. The molecule has 0 amide bonds. The summed E-state index contributed by atoms with van der Waals surface area (Å²) in [6.45, 7) is 5.42. The van der Waals surface area contributed by atoms with Gasteiger partial charge in [0.05, 0.1) is 18.1 Å². The molecule has 1 aliphatic carbocycles. The zero-order valence-corrected chi connectivity index (χ0v) is 17.8. The Morgan fingerprint density at radius 3 is 2.59 bits per heavy atom. The van der Waals surface area contributed by atoms with Crippen molar-refractivity contribution in [2.75, 3.05) is 6.61 Å². The molecule has 1 aliphatic rings. The molecule has 0 N–H and O–H groups in total. The molecule has 1 fully saturated rings. The maximum atomic E-state index is 14.5. The average Bonchev–Trinajstić information content (AvgIpc) is 3.19. The average molecular weight is 402 g/mol. The fourth-order valence-corrected chi connectivity index (χ4v) is 4.30. The summed E-state index contributed by atoms with van der Waals surface area (Å²) in [6, 6.07) is 7.23. The number of rotatable bonds is 10. The van der Waals surface area contributed by atoms with Gasteiger partial charge in [0.2, 0.25) is 0 Å². The van der Waals surface area contributed by atoms with E-state index < -0.39 is 11.4 Å². The second-order valence-corrected chi connectivity index (χ2v) is 8.62. The molecular formula is C24H32FNO3. The molecule has 0 aliphatic heterocycles. The minimum absolute atomic E-state index is 0.0716. The molecular weight excluding hydrogens is 369 g/mol. The van der Waals surface area contributed by atoms with E-state index in [0.717, 1.165) is 24.8 Å². The van der Waals surface area contributed by atoms with E-state index in [9.17, 15) is 19.2 Å². The first-order chi connectivity index (χ1) is 13.8. The van der Waals surface area contributed by atoms with Crippen LogP contribution in [0.3, 0.4) is 0 Å². The topological polar surface area (TPSA) is 67.2 Å². The molecule has 158 valence electrons. The molecule has 0 bridgehead atoms. The molecule has 2 rings (SSSR count). The van der Waals surface area contributed by atoms with Gasteiger partial charge < -0.3 is 4.74 Å². The van der Waals surface area contributed by atoms with Crippen LogP contribution in [-0.4, -0.2) is 18.4 Å². The van der Waals surface area contributed by atoms with E-state index in [4.69, 9.17) is 4.74 Å². The van der Waals surface area contributed by atoms with E-state index in [-0.39, 0.29) is 30.5 Å². The molecule has 0 spiro atoms. The Morgan fingerprint density at radius 1 is 1.31 bits per heavy atom. The summed E-state index contributed by atoms with van der Waals surface area (Å²) in [5.74, 6) is -0.191. The number of carbonyl (C=O) groups excluding carboxylic acids is 2. The smallest absolute Gasteiger partial charge is 0.313 e. The van der Waals surface area contributed by atoms with Crippen molar-refractivity contribution < 1.29 is 18.7 Å². The van der Waals surface area contributed by atoms with Crippen LogP contribution < -0.4 is 0 Å². The number of hydrogen-bond acceptors (Lipinski definition) is 4. The van der Waals surface area contributed by atoms with Gasteiger partial charge in [-0.05, 0) is 57.1 Å². The number of benzene rings is 1. The van der Waals surface area contributed by atoms with Crippen LogP contribution in [-0.2, 0) is 26.2 Å². The lowest BCUT2D eigenvalue weighted by Gasteiger charge is -2.23. The minimum Gasteiger partial charge on any atom is -0.466 e. The van der Waals surface area contributed by atoms with Crippen LogP contribution in [0.2, 0.25) is 0 Å². The zero-order chi connectivity index (χ0) is 21.4. The number of aryl methyl sites for hydroxylation is 1. The Labute approximate surface area is 173 Å². The molecule has 0 heterocycles. The Hall–Kier alpha value is -2.22. The minimum atomic E-state index is -0.867. The molecule has 1 unspecified atom stereocenters. The molecule has 1 aromatic rings. The van der Waals surface area contributed by atoms with Crippen LogP contribution in [0.25, 0.3) is 0 Å². The molecule has 1 aromatic carbocycles. The third kappa shape index (κ3) is 6.66. The van der Waals surface area contributed by atoms with E-state index in [1.807, 2.05) is 6.07 Å².